The van der Waals surface area contributed by atoms with Gasteiger partial charge in [0.15, 0.2) is 5.13 Å². The van der Waals surface area contributed by atoms with Crippen LogP contribution in [0.4, 0.5) is 10.9 Å². The van der Waals surface area contributed by atoms with Crippen molar-refractivity contribution in [3.63, 3.8) is 0 Å². The molecule has 1 amide bonds. The number of likely N-dealkylation sites (N-methyl/N-ethyl adjacent to an activating group) is 1. The number of carbonyl (C=O) groups is 1. The number of nitrogens with zero attached hydrogens (tertiary/aromatic N) is 4. The van der Waals surface area contributed by atoms with Crippen LogP contribution in [0.25, 0.3) is 0 Å². The first-order valence-electron chi connectivity index (χ1n) is 7.48. The minimum atomic E-state index is 0.0176. The number of aromatic nitrogens is 1. The highest BCUT2D eigenvalue weighted by Gasteiger charge is 2.29. The lowest BCUT2D eigenvalue weighted by Crippen LogP contribution is -2.52. The van der Waals surface area contributed by atoms with E-state index in [1.54, 1.807) is 0 Å². The summed E-state index contributed by atoms with van der Waals surface area (Å²) in [6.45, 7) is 10.5. The third kappa shape index (κ3) is 3.29. The van der Waals surface area contributed by atoms with Crippen LogP contribution in [-0.4, -0.2) is 66.5 Å². The molecular formula is C14H25N5OS. The average Bonchev–Trinajstić information content (AvgIpc) is 2.81. The van der Waals surface area contributed by atoms with Crippen molar-refractivity contribution in [1.29, 1.82) is 0 Å². The van der Waals surface area contributed by atoms with Gasteiger partial charge in [-0.1, -0.05) is 11.3 Å². The van der Waals surface area contributed by atoms with Crippen LogP contribution < -0.4 is 10.6 Å². The van der Waals surface area contributed by atoms with Gasteiger partial charge in [0.05, 0.1) is 0 Å². The van der Waals surface area contributed by atoms with Crippen molar-refractivity contribution in [1.82, 2.24) is 14.8 Å². The lowest BCUT2D eigenvalue weighted by molar-refractivity contribution is 0.0539. The lowest BCUT2D eigenvalue weighted by Gasteiger charge is -2.38. The molecule has 2 heterocycles. The Kier molecular flexibility index (Phi) is 5.05. The van der Waals surface area contributed by atoms with E-state index in [1.807, 2.05) is 4.90 Å². The second-order valence-corrected chi connectivity index (χ2v) is 6.47. The van der Waals surface area contributed by atoms with Crippen LogP contribution in [0.15, 0.2) is 0 Å². The van der Waals surface area contributed by atoms with Crippen molar-refractivity contribution < 1.29 is 4.79 Å². The molecule has 1 atom stereocenters. The molecular weight excluding hydrogens is 286 g/mol. The smallest absolute Gasteiger partial charge is 0.268 e. The fraction of sp³-hybridized carbons (Fsp3) is 0.714. The molecule has 1 saturated heterocycles. The maximum atomic E-state index is 12.7. The Bertz CT molecular complexity index is 500. The predicted octanol–water partition coefficient (Wildman–Crippen LogP) is 1.35. The minimum Gasteiger partial charge on any atom is -0.382 e. The molecule has 1 aromatic rings. The zero-order chi connectivity index (χ0) is 15.6. The van der Waals surface area contributed by atoms with Gasteiger partial charge >= 0.3 is 0 Å². The SMILES string of the molecule is CCN(CC)c1nc(N)c(C(=O)N2CCN(C)CC2C)s1. The number of hydrogen-bond acceptors (Lipinski definition) is 6. The highest BCUT2D eigenvalue weighted by molar-refractivity contribution is 7.18. The van der Waals surface area contributed by atoms with Crippen molar-refractivity contribution >= 4 is 28.2 Å². The van der Waals surface area contributed by atoms with Crippen LogP contribution >= 0.6 is 11.3 Å². The number of piperazine rings is 1. The number of hydrogen-bond donors (Lipinski definition) is 1. The number of amides is 1. The summed E-state index contributed by atoms with van der Waals surface area (Å²) in [6, 6.07) is 0.203. The van der Waals surface area contributed by atoms with Gasteiger partial charge in [0.25, 0.3) is 5.91 Å². The molecule has 0 radical (unpaired) electrons. The molecule has 2 N–H and O–H groups in total. The number of nitrogens with two attached hydrogens (primary N) is 1. The summed E-state index contributed by atoms with van der Waals surface area (Å²) in [6.07, 6.45) is 0. The van der Waals surface area contributed by atoms with Gasteiger partial charge in [0, 0.05) is 38.8 Å². The number of carbonyl (C=O) groups excluding carboxylic acids is 1. The third-order valence-electron chi connectivity index (χ3n) is 3.96. The van der Waals surface area contributed by atoms with Crippen molar-refractivity contribution in [2.75, 3.05) is 50.4 Å². The summed E-state index contributed by atoms with van der Waals surface area (Å²) < 4.78 is 0. The predicted molar refractivity (Wildman–Crippen MR) is 88.1 cm³/mol. The van der Waals surface area contributed by atoms with Gasteiger partial charge in [-0.05, 0) is 27.8 Å². The molecule has 1 unspecified atom stereocenters. The fourth-order valence-electron chi connectivity index (χ4n) is 2.67. The summed E-state index contributed by atoms with van der Waals surface area (Å²) in [5.74, 6) is 0.377. The van der Waals surface area contributed by atoms with Gasteiger partial charge in [-0.3, -0.25) is 4.79 Å². The Hall–Kier alpha value is -1.34. The number of nitrogen functional groups attached to an aromatic ring is 1. The van der Waals surface area contributed by atoms with Gasteiger partial charge in [0.2, 0.25) is 0 Å². The van der Waals surface area contributed by atoms with E-state index in [0.717, 1.165) is 37.9 Å². The molecule has 118 valence electrons. The van der Waals surface area contributed by atoms with Gasteiger partial charge < -0.3 is 20.4 Å². The zero-order valence-corrected chi connectivity index (χ0v) is 14.1. The van der Waals surface area contributed by atoms with E-state index in [1.165, 1.54) is 11.3 Å². The molecule has 2 rings (SSSR count). The van der Waals surface area contributed by atoms with Crippen molar-refractivity contribution in [2.24, 2.45) is 0 Å². The molecule has 7 heteroatoms. The highest BCUT2D eigenvalue weighted by Crippen LogP contribution is 2.30. The molecule has 6 nitrogen and oxygen atoms in total. The van der Waals surface area contributed by atoms with E-state index in [4.69, 9.17) is 5.73 Å². The highest BCUT2D eigenvalue weighted by atomic mass is 32.1. The first-order valence-corrected chi connectivity index (χ1v) is 8.30. The van der Waals surface area contributed by atoms with Crippen molar-refractivity contribution in [3.8, 4) is 0 Å². The van der Waals surface area contributed by atoms with Gasteiger partial charge in [-0.2, -0.15) is 0 Å². The third-order valence-corrected chi connectivity index (χ3v) is 5.08. The van der Waals surface area contributed by atoms with Crippen LogP contribution in [0.2, 0.25) is 0 Å². The summed E-state index contributed by atoms with van der Waals surface area (Å²) in [5.41, 5.74) is 5.98. The Morgan fingerprint density at radius 2 is 2.10 bits per heavy atom. The summed E-state index contributed by atoms with van der Waals surface area (Å²) in [4.78, 5) is 24.0. The second kappa shape index (κ2) is 6.62. The summed E-state index contributed by atoms with van der Waals surface area (Å²) in [5, 5.41) is 0.836. The molecule has 0 aliphatic carbocycles. The lowest BCUT2D eigenvalue weighted by atomic mass is 10.2. The molecule has 1 aromatic heterocycles. The molecule has 0 spiro atoms. The van der Waals surface area contributed by atoms with E-state index in [2.05, 4.69) is 42.6 Å². The molecule has 0 aromatic carbocycles. The second-order valence-electron chi connectivity index (χ2n) is 5.49. The monoisotopic (exact) mass is 311 g/mol. The van der Waals surface area contributed by atoms with Crippen LogP contribution in [0, 0.1) is 0 Å². The van der Waals surface area contributed by atoms with Crippen LogP contribution in [-0.2, 0) is 0 Å². The van der Waals surface area contributed by atoms with E-state index >= 15 is 0 Å². The first-order chi connectivity index (χ1) is 9.97. The van der Waals surface area contributed by atoms with Gasteiger partial charge in [0.1, 0.15) is 10.7 Å². The van der Waals surface area contributed by atoms with E-state index < -0.39 is 0 Å². The maximum Gasteiger partial charge on any atom is 0.268 e. The van der Waals surface area contributed by atoms with Crippen LogP contribution in [0.5, 0.6) is 0 Å². The number of anilines is 2. The van der Waals surface area contributed by atoms with Crippen molar-refractivity contribution in [3.05, 3.63) is 4.88 Å². The maximum absolute atomic E-state index is 12.7. The van der Waals surface area contributed by atoms with Crippen LogP contribution in [0.3, 0.4) is 0 Å². The number of rotatable bonds is 4. The van der Waals surface area contributed by atoms with Gasteiger partial charge in [-0.15, -0.1) is 0 Å². The molecule has 21 heavy (non-hydrogen) atoms. The minimum absolute atomic E-state index is 0.0176. The number of thiazole rings is 1. The summed E-state index contributed by atoms with van der Waals surface area (Å²) in [7, 11) is 2.08. The molecule has 0 bridgehead atoms. The van der Waals surface area contributed by atoms with Crippen LogP contribution in [0.1, 0.15) is 30.4 Å². The first kappa shape index (κ1) is 16.0. The molecule has 1 aliphatic rings. The van der Waals surface area contributed by atoms with E-state index in [-0.39, 0.29) is 11.9 Å². The molecule has 1 fully saturated rings. The Labute approximate surface area is 130 Å². The largest absolute Gasteiger partial charge is 0.382 e. The Morgan fingerprint density at radius 3 is 2.67 bits per heavy atom. The van der Waals surface area contributed by atoms with Crippen molar-refractivity contribution in [2.45, 2.75) is 26.8 Å². The summed E-state index contributed by atoms with van der Waals surface area (Å²) >= 11 is 1.41. The van der Waals surface area contributed by atoms with Gasteiger partial charge in [-0.25, -0.2) is 4.98 Å². The normalized spacial score (nSPS) is 19.8. The topological polar surface area (TPSA) is 65.7 Å². The molecule has 1 aliphatic heterocycles. The molecule has 0 saturated carbocycles. The Balaban J connectivity index is 2.19. The standard InChI is InChI=1S/C14H25N5OS/c1-5-18(6-2)14-16-12(15)11(21-14)13(20)19-8-7-17(4)9-10(19)3/h10H,5-9,15H2,1-4H3. The van der Waals surface area contributed by atoms with E-state index in [9.17, 15) is 4.79 Å². The van der Waals surface area contributed by atoms with E-state index in [0.29, 0.717) is 10.7 Å². The fourth-order valence-corrected chi connectivity index (χ4v) is 3.74. The quantitative estimate of drug-likeness (QED) is 0.909. The average molecular weight is 311 g/mol. The zero-order valence-electron chi connectivity index (χ0n) is 13.3. The Morgan fingerprint density at radius 1 is 1.43 bits per heavy atom.